The maximum Gasteiger partial charge on any atom is 0.200 e. The van der Waals surface area contributed by atoms with E-state index in [1.807, 2.05) is 48.8 Å². The lowest BCUT2D eigenvalue weighted by atomic mass is 10.1. The van der Waals surface area contributed by atoms with E-state index in [1.54, 1.807) is 0 Å². The van der Waals surface area contributed by atoms with Crippen LogP contribution < -0.4 is 11.5 Å². The number of benzene rings is 2. The number of hydrogen-bond acceptors (Lipinski definition) is 4. The molecule has 6 nitrogen and oxygen atoms in total. The smallest absolute Gasteiger partial charge is 0.200 e. The Morgan fingerprint density at radius 1 is 0.607 bits per heavy atom. The van der Waals surface area contributed by atoms with Crippen molar-refractivity contribution in [2.75, 3.05) is 11.5 Å². The van der Waals surface area contributed by atoms with Gasteiger partial charge in [0.25, 0.3) is 0 Å². The Morgan fingerprint density at radius 2 is 1.00 bits per heavy atom. The van der Waals surface area contributed by atoms with Gasteiger partial charge in [0, 0.05) is 13.1 Å². The first-order chi connectivity index (χ1) is 13.7. The van der Waals surface area contributed by atoms with Crippen molar-refractivity contribution in [2.24, 2.45) is 0 Å². The summed E-state index contributed by atoms with van der Waals surface area (Å²) >= 11 is 0. The molecule has 6 heteroatoms. The van der Waals surface area contributed by atoms with E-state index in [0.29, 0.717) is 11.9 Å². The molecule has 0 spiro atoms. The van der Waals surface area contributed by atoms with Crippen LogP contribution in [-0.2, 0) is 13.1 Å². The van der Waals surface area contributed by atoms with E-state index in [1.165, 1.54) is 0 Å². The molecule has 2 heterocycles. The van der Waals surface area contributed by atoms with Gasteiger partial charge < -0.3 is 20.6 Å². The maximum absolute atomic E-state index is 6.10. The van der Waals surface area contributed by atoms with Crippen LogP contribution in [0.1, 0.15) is 12.8 Å². The molecule has 4 N–H and O–H groups in total. The third kappa shape index (κ3) is 3.62. The molecule has 2 aromatic heterocycles. The minimum absolute atomic E-state index is 0.547. The first-order valence-corrected chi connectivity index (χ1v) is 9.47. The van der Waals surface area contributed by atoms with Gasteiger partial charge in [-0.1, -0.05) is 60.7 Å². The van der Waals surface area contributed by atoms with Crippen LogP contribution in [0.15, 0.2) is 73.1 Å². The molecule has 4 aromatic rings. The van der Waals surface area contributed by atoms with Crippen molar-refractivity contribution in [1.82, 2.24) is 19.1 Å². The number of imidazole rings is 2. The van der Waals surface area contributed by atoms with Gasteiger partial charge >= 0.3 is 0 Å². The molecule has 0 saturated heterocycles. The summed E-state index contributed by atoms with van der Waals surface area (Å²) in [4.78, 5) is 8.59. The number of unbranched alkanes of at least 4 members (excludes halogenated alkanes) is 1. The van der Waals surface area contributed by atoms with Gasteiger partial charge in [0.2, 0.25) is 11.9 Å². The van der Waals surface area contributed by atoms with E-state index in [0.717, 1.165) is 48.4 Å². The minimum atomic E-state index is 0.547. The number of nitrogens with two attached hydrogens (primary N) is 2. The first-order valence-electron chi connectivity index (χ1n) is 9.47. The summed E-state index contributed by atoms with van der Waals surface area (Å²) in [5, 5.41) is 0. The first kappa shape index (κ1) is 17.9. The van der Waals surface area contributed by atoms with E-state index in [4.69, 9.17) is 11.5 Å². The van der Waals surface area contributed by atoms with Gasteiger partial charge in [0.1, 0.15) is 0 Å². The van der Waals surface area contributed by atoms with Gasteiger partial charge in [-0.15, -0.1) is 0 Å². The van der Waals surface area contributed by atoms with Crippen molar-refractivity contribution in [3.8, 4) is 22.5 Å². The second-order valence-corrected chi connectivity index (χ2v) is 6.75. The fraction of sp³-hybridized carbons (Fsp3) is 0.182. The standard InChI is InChI=1S/C22H24N6/c23-21-25-15-19(17-9-3-1-4-10-17)27(21)13-7-8-14-28-20(16-26-22(28)24)18-11-5-2-6-12-18/h1-6,9-12,15-16H,7-8,13-14H2,(H2,23,25)(H2,24,26). The Morgan fingerprint density at radius 3 is 1.39 bits per heavy atom. The zero-order chi connectivity index (χ0) is 19.3. The van der Waals surface area contributed by atoms with Crippen LogP contribution >= 0.6 is 0 Å². The highest BCUT2D eigenvalue weighted by molar-refractivity contribution is 5.61. The molecule has 0 aliphatic carbocycles. The van der Waals surface area contributed by atoms with E-state index < -0.39 is 0 Å². The lowest BCUT2D eigenvalue weighted by molar-refractivity contribution is 0.564. The van der Waals surface area contributed by atoms with Gasteiger partial charge in [0.15, 0.2) is 0 Å². The molecule has 0 saturated carbocycles. The Labute approximate surface area is 164 Å². The molecule has 0 radical (unpaired) electrons. The molecule has 0 aliphatic rings. The quantitative estimate of drug-likeness (QED) is 0.479. The largest absolute Gasteiger partial charge is 0.369 e. The zero-order valence-corrected chi connectivity index (χ0v) is 15.7. The monoisotopic (exact) mass is 372 g/mol. The third-order valence-corrected chi connectivity index (χ3v) is 4.93. The van der Waals surface area contributed by atoms with Crippen LogP contribution in [0.25, 0.3) is 22.5 Å². The van der Waals surface area contributed by atoms with Crippen LogP contribution in [0.4, 0.5) is 11.9 Å². The van der Waals surface area contributed by atoms with Crippen LogP contribution in [0.2, 0.25) is 0 Å². The van der Waals surface area contributed by atoms with E-state index in [2.05, 4.69) is 43.4 Å². The normalized spacial score (nSPS) is 11.0. The molecular weight excluding hydrogens is 348 g/mol. The summed E-state index contributed by atoms with van der Waals surface area (Å²) in [6.07, 6.45) is 5.61. The highest BCUT2D eigenvalue weighted by Gasteiger charge is 2.11. The molecular formula is C22H24N6. The van der Waals surface area contributed by atoms with Crippen LogP contribution in [-0.4, -0.2) is 19.1 Å². The Bertz CT molecular complexity index is 948. The zero-order valence-electron chi connectivity index (χ0n) is 15.7. The van der Waals surface area contributed by atoms with Crippen molar-refractivity contribution < 1.29 is 0 Å². The van der Waals surface area contributed by atoms with Gasteiger partial charge in [-0.3, -0.25) is 0 Å². The molecule has 0 atom stereocenters. The summed E-state index contributed by atoms with van der Waals surface area (Å²) in [5.41, 5.74) is 16.5. The summed E-state index contributed by atoms with van der Waals surface area (Å²) in [5.74, 6) is 1.09. The van der Waals surface area contributed by atoms with Crippen LogP contribution in [0.5, 0.6) is 0 Å². The van der Waals surface area contributed by atoms with E-state index in [-0.39, 0.29) is 0 Å². The van der Waals surface area contributed by atoms with Gasteiger partial charge in [-0.05, 0) is 24.0 Å². The fourth-order valence-electron chi connectivity index (χ4n) is 3.47. The van der Waals surface area contributed by atoms with E-state index in [9.17, 15) is 0 Å². The van der Waals surface area contributed by atoms with Crippen molar-refractivity contribution in [2.45, 2.75) is 25.9 Å². The summed E-state index contributed by atoms with van der Waals surface area (Å²) in [6, 6.07) is 20.4. The fourth-order valence-corrected chi connectivity index (χ4v) is 3.47. The average Bonchev–Trinajstić information content (AvgIpc) is 3.29. The molecule has 0 bridgehead atoms. The SMILES string of the molecule is Nc1ncc(-c2ccccc2)n1CCCCn1c(-c2ccccc2)cnc1N. The molecule has 28 heavy (non-hydrogen) atoms. The Kier molecular flexibility index (Phi) is 5.10. The maximum atomic E-state index is 6.10. The van der Waals surface area contributed by atoms with Crippen molar-refractivity contribution >= 4 is 11.9 Å². The average molecular weight is 372 g/mol. The van der Waals surface area contributed by atoms with Crippen molar-refractivity contribution in [3.05, 3.63) is 73.1 Å². The summed E-state index contributed by atoms with van der Waals surface area (Å²) < 4.78 is 4.15. The Hall–Kier alpha value is -3.54. The number of anilines is 2. The van der Waals surface area contributed by atoms with Gasteiger partial charge in [0.05, 0.1) is 23.8 Å². The summed E-state index contributed by atoms with van der Waals surface area (Å²) in [7, 11) is 0. The topological polar surface area (TPSA) is 87.7 Å². The number of hydrogen-bond donors (Lipinski definition) is 2. The second-order valence-electron chi connectivity index (χ2n) is 6.75. The second kappa shape index (κ2) is 8.00. The predicted octanol–water partition coefficient (Wildman–Crippen LogP) is 4.06. The van der Waals surface area contributed by atoms with Crippen molar-refractivity contribution in [3.63, 3.8) is 0 Å². The van der Waals surface area contributed by atoms with Gasteiger partial charge in [-0.25, -0.2) is 9.97 Å². The van der Waals surface area contributed by atoms with Crippen molar-refractivity contribution in [1.29, 1.82) is 0 Å². The number of nitrogen functional groups attached to an aromatic ring is 2. The lowest BCUT2D eigenvalue weighted by Crippen LogP contribution is -2.08. The molecule has 2 aromatic carbocycles. The van der Waals surface area contributed by atoms with Gasteiger partial charge in [-0.2, -0.15) is 0 Å². The molecule has 0 amide bonds. The minimum Gasteiger partial charge on any atom is -0.369 e. The van der Waals surface area contributed by atoms with Crippen LogP contribution in [0.3, 0.4) is 0 Å². The predicted molar refractivity (Wildman–Crippen MR) is 113 cm³/mol. The molecule has 142 valence electrons. The molecule has 4 rings (SSSR count). The number of rotatable bonds is 7. The van der Waals surface area contributed by atoms with E-state index >= 15 is 0 Å². The highest BCUT2D eigenvalue weighted by atomic mass is 15.2. The molecule has 0 unspecified atom stereocenters. The van der Waals surface area contributed by atoms with Crippen LogP contribution in [0, 0.1) is 0 Å². The molecule has 0 aliphatic heterocycles. The highest BCUT2D eigenvalue weighted by Crippen LogP contribution is 2.24. The summed E-state index contributed by atoms with van der Waals surface area (Å²) in [6.45, 7) is 1.62. The Balaban J connectivity index is 1.43. The molecule has 0 fully saturated rings. The third-order valence-electron chi connectivity index (χ3n) is 4.93. The number of aromatic nitrogens is 4. The lowest BCUT2D eigenvalue weighted by Gasteiger charge is -2.12. The number of nitrogens with zero attached hydrogens (tertiary/aromatic N) is 4.